The number of hydrogen-bond acceptors (Lipinski definition) is 3. The van der Waals surface area contributed by atoms with Gasteiger partial charge in [-0.05, 0) is 32.1 Å². The van der Waals surface area contributed by atoms with Crippen molar-refractivity contribution in [2.24, 2.45) is 0 Å². The number of carbonyl (C=O) groups is 2. The van der Waals surface area contributed by atoms with Crippen LogP contribution < -0.4 is 5.32 Å². The number of likely N-dealkylation sites (tertiary alicyclic amines) is 1. The molecule has 6 nitrogen and oxygen atoms in total. The molecule has 1 fully saturated rings. The van der Waals surface area contributed by atoms with Gasteiger partial charge in [-0.25, -0.2) is 4.98 Å². The zero-order valence-electron chi connectivity index (χ0n) is 12.8. The largest absolute Gasteiger partial charge is 0.347 e. The number of nitrogens with one attached hydrogen (secondary N) is 1. The molecule has 2 aliphatic heterocycles. The van der Waals surface area contributed by atoms with Crippen LogP contribution in [0.15, 0.2) is 12.7 Å². The fourth-order valence-electron chi connectivity index (χ4n) is 3.20. The van der Waals surface area contributed by atoms with Gasteiger partial charge in [-0.15, -0.1) is 6.58 Å². The Hall–Kier alpha value is -2.11. The summed E-state index contributed by atoms with van der Waals surface area (Å²) in [6.45, 7) is 6.35. The molecule has 0 bridgehead atoms. The van der Waals surface area contributed by atoms with Crippen molar-refractivity contribution in [3.8, 4) is 0 Å². The molecule has 1 aromatic rings. The zero-order chi connectivity index (χ0) is 15.5. The lowest BCUT2D eigenvalue weighted by molar-refractivity contribution is 0.0774. The van der Waals surface area contributed by atoms with Gasteiger partial charge in [-0.2, -0.15) is 0 Å². The summed E-state index contributed by atoms with van der Waals surface area (Å²) in [6, 6.07) is 0. The highest BCUT2D eigenvalue weighted by atomic mass is 16.2. The van der Waals surface area contributed by atoms with Gasteiger partial charge in [0.25, 0.3) is 11.8 Å². The van der Waals surface area contributed by atoms with Crippen molar-refractivity contribution in [1.29, 1.82) is 0 Å². The molecule has 1 aromatic heterocycles. The molecule has 0 spiro atoms. The fourth-order valence-corrected chi connectivity index (χ4v) is 3.20. The first kappa shape index (κ1) is 14.8. The Balaban J connectivity index is 1.92. The maximum atomic E-state index is 12.7. The predicted molar refractivity (Wildman–Crippen MR) is 82.8 cm³/mol. The van der Waals surface area contributed by atoms with Crippen molar-refractivity contribution in [3.05, 3.63) is 29.9 Å². The predicted octanol–water partition coefficient (Wildman–Crippen LogP) is 1.37. The summed E-state index contributed by atoms with van der Waals surface area (Å²) < 4.78 is 1.95. The average Bonchev–Trinajstić information content (AvgIpc) is 3.19. The Labute approximate surface area is 130 Å². The lowest BCUT2D eigenvalue weighted by atomic mass is 10.1. The molecule has 2 aliphatic rings. The summed E-state index contributed by atoms with van der Waals surface area (Å²) in [7, 11) is 0. The van der Waals surface area contributed by atoms with Crippen molar-refractivity contribution in [2.45, 2.75) is 38.6 Å². The van der Waals surface area contributed by atoms with Crippen LogP contribution in [0.3, 0.4) is 0 Å². The third-order valence-corrected chi connectivity index (χ3v) is 4.32. The Morgan fingerprint density at radius 1 is 1.18 bits per heavy atom. The van der Waals surface area contributed by atoms with Crippen LogP contribution in [0.25, 0.3) is 0 Å². The number of nitrogens with zero attached hydrogens (tertiary/aromatic N) is 3. The van der Waals surface area contributed by atoms with Gasteiger partial charge in [0.15, 0.2) is 5.82 Å². The Morgan fingerprint density at radius 2 is 1.91 bits per heavy atom. The highest BCUT2D eigenvalue weighted by Gasteiger charge is 2.30. The maximum Gasteiger partial charge on any atom is 0.289 e. The van der Waals surface area contributed by atoms with E-state index in [4.69, 9.17) is 0 Å². The topological polar surface area (TPSA) is 67.2 Å². The van der Waals surface area contributed by atoms with Gasteiger partial charge in [-0.1, -0.05) is 6.08 Å². The number of carbonyl (C=O) groups excluding carboxylic acids is 2. The molecule has 3 heterocycles. The van der Waals surface area contributed by atoms with E-state index >= 15 is 0 Å². The van der Waals surface area contributed by atoms with Gasteiger partial charge in [0, 0.05) is 26.2 Å². The van der Waals surface area contributed by atoms with Crippen LogP contribution in [0.2, 0.25) is 0 Å². The van der Waals surface area contributed by atoms with E-state index in [-0.39, 0.29) is 11.8 Å². The van der Waals surface area contributed by atoms with Gasteiger partial charge in [0.2, 0.25) is 0 Å². The van der Waals surface area contributed by atoms with Gasteiger partial charge in [-0.3, -0.25) is 9.59 Å². The van der Waals surface area contributed by atoms with Crippen molar-refractivity contribution >= 4 is 11.8 Å². The van der Waals surface area contributed by atoms with Crippen LogP contribution >= 0.6 is 0 Å². The lowest BCUT2D eigenvalue weighted by Gasteiger charge is -2.19. The third-order valence-electron chi connectivity index (χ3n) is 4.32. The van der Waals surface area contributed by atoms with Crippen LogP contribution in [-0.4, -0.2) is 45.9 Å². The molecule has 0 aromatic carbocycles. The van der Waals surface area contributed by atoms with Crippen LogP contribution in [0.1, 0.15) is 52.5 Å². The minimum absolute atomic E-state index is 0.0385. The van der Waals surface area contributed by atoms with E-state index in [1.807, 2.05) is 9.47 Å². The lowest BCUT2D eigenvalue weighted by Crippen LogP contribution is -2.31. The number of imidazole rings is 1. The Kier molecular flexibility index (Phi) is 4.27. The highest BCUT2D eigenvalue weighted by Crippen LogP contribution is 2.23. The molecule has 0 saturated carbocycles. The minimum atomic E-state index is -0.217. The molecule has 22 heavy (non-hydrogen) atoms. The first-order valence-electron chi connectivity index (χ1n) is 8.00. The molecule has 1 N–H and O–H groups in total. The van der Waals surface area contributed by atoms with E-state index in [0.29, 0.717) is 18.1 Å². The fraction of sp³-hybridized carbons (Fsp3) is 0.562. The average molecular weight is 302 g/mol. The van der Waals surface area contributed by atoms with E-state index in [1.54, 1.807) is 6.08 Å². The molecular weight excluding hydrogens is 280 g/mol. The monoisotopic (exact) mass is 302 g/mol. The summed E-state index contributed by atoms with van der Waals surface area (Å²) in [6.07, 6.45) is 6.59. The number of aromatic nitrogens is 2. The quantitative estimate of drug-likeness (QED) is 0.854. The van der Waals surface area contributed by atoms with E-state index in [2.05, 4.69) is 16.9 Å². The molecule has 0 aliphatic carbocycles. The van der Waals surface area contributed by atoms with Crippen molar-refractivity contribution in [3.63, 3.8) is 0 Å². The van der Waals surface area contributed by atoms with Crippen molar-refractivity contribution in [1.82, 2.24) is 19.8 Å². The van der Waals surface area contributed by atoms with Gasteiger partial charge < -0.3 is 14.8 Å². The second-order valence-electron chi connectivity index (χ2n) is 5.84. The SMILES string of the molecule is C=CCNC(=O)c1nc(C(=O)N2CCCC2)n2c1CCCC2. The van der Waals surface area contributed by atoms with Gasteiger partial charge >= 0.3 is 0 Å². The molecular formula is C16H22N4O2. The third kappa shape index (κ3) is 2.65. The summed E-state index contributed by atoms with van der Waals surface area (Å²) in [5.74, 6) is 0.176. The van der Waals surface area contributed by atoms with E-state index in [1.165, 1.54) is 0 Å². The first-order chi connectivity index (χ1) is 10.7. The van der Waals surface area contributed by atoms with Crippen LogP contribution in [0.5, 0.6) is 0 Å². The Morgan fingerprint density at radius 3 is 2.64 bits per heavy atom. The van der Waals surface area contributed by atoms with Crippen LogP contribution in [-0.2, 0) is 13.0 Å². The van der Waals surface area contributed by atoms with Crippen LogP contribution in [0.4, 0.5) is 0 Å². The number of amides is 2. The second-order valence-corrected chi connectivity index (χ2v) is 5.84. The molecule has 6 heteroatoms. The van der Waals surface area contributed by atoms with Gasteiger partial charge in [0.05, 0.1) is 5.69 Å². The number of fused-ring (bicyclic) bond motifs is 1. The first-order valence-corrected chi connectivity index (χ1v) is 8.00. The molecule has 2 amide bonds. The van der Waals surface area contributed by atoms with E-state index < -0.39 is 0 Å². The standard InChI is InChI=1S/C16H22N4O2/c1-2-8-17-15(21)13-12-7-3-4-11-20(12)14(18-13)16(22)19-9-5-6-10-19/h2H,1,3-11H2,(H,17,21). The minimum Gasteiger partial charge on any atom is -0.347 e. The summed E-state index contributed by atoms with van der Waals surface area (Å²) in [4.78, 5) is 31.2. The molecule has 118 valence electrons. The molecule has 3 rings (SSSR count). The van der Waals surface area contributed by atoms with Gasteiger partial charge in [0.1, 0.15) is 5.69 Å². The maximum absolute atomic E-state index is 12.7. The molecule has 0 atom stereocenters. The van der Waals surface area contributed by atoms with E-state index in [0.717, 1.165) is 57.4 Å². The zero-order valence-corrected chi connectivity index (χ0v) is 12.8. The summed E-state index contributed by atoms with van der Waals surface area (Å²) in [5, 5.41) is 2.76. The molecule has 1 saturated heterocycles. The molecule has 0 radical (unpaired) electrons. The normalized spacial score (nSPS) is 17.2. The van der Waals surface area contributed by atoms with E-state index in [9.17, 15) is 9.59 Å². The van der Waals surface area contributed by atoms with Crippen molar-refractivity contribution < 1.29 is 9.59 Å². The highest BCUT2D eigenvalue weighted by molar-refractivity contribution is 5.97. The Bertz CT molecular complexity index is 600. The molecule has 0 unspecified atom stereocenters. The summed E-state index contributed by atoms with van der Waals surface area (Å²) >= 11 is 0. The summed E-state index contributed by atoms with van der Waals surface area (Å²) in [5.41, 5.74) is 1.31. The van der Waals surface area contributed by atoms with Crippen molar-refractivity contribution in [2.75, 3.05) is 19.6 Å². The number of hydrogen-bond donors (Lipinski definition) is 1. The van der Waals surface area contributed by atoms with Crippen LogP contribution in [0, 0.1) is 0 Å². The second kappa shape index (κ2) is 6.34. The smallest absolute Gasteiger partial charge is 0.289 e. The number of rotatable bonds is 4.